The second-order valence-corrected chi connectivity index (χ2v) is 7.69. The molecule has 0 aliphatic rings. The second-order valence-electron chi connectivity index (χ2n) is 5.86. The maximum atomic E-state index is 13.0. The van der Waals surface area contributed by atoms with Crippen molar-refractivity contribution in [2.24, 2.45) is 5.10 Å². The van der Waals surface area contributed by atoms with Crippen LogP contribution in [0.3, 0.4) is 0 Å². The minimum atomic E-state index is -0.229. The summed E-state index contributed by atoms with van der Waals surface area (Å²) in [6.07, 6.45) is 4.03. The first-order valence-corrected chi connectivity index (χ1v) is 9.82. The Morgan fingerprint density at radius 1 is 1.19 bits per heavy atom. The first-order chi connectivity index (χ1) is 12.5. The Kier molecular flexibility index (Phi) is 5.88. The summed E-state index contributed by atoms with van der Waals surface area (Å²) >= 11 is 6.76. The van der Waals surface area contributed by atoms with Gasteiger partial charge in [-0.3, -0.25) is 4.79 Å². The molecule has 1 heterocycles. The first kappa shape index (κ1) is 18.8. The van der Waals surface area contributed by atoms with Crippen LogP contribution in [0, 0.1) is 0 Å². The molecule has 0 spiro atoms. The van der Waals surface area contributed by atoms with Gasteiger partial charge in [0.25, 0.3) is 5.56 Å². The molecule has 0 bridgehead atoms. The predicted octanol–water partition coefficient (Wildman–Crippen LogP) is 4.85. The molecule has 0 amide bonds. The van der Waals surface area contributed by atoms with Crippen molar-refractivity contribution in [1.29, 1.82) is 0 Å². The fraction of sp³-hybridized carbons (Fsp3) is 0.211. The van der Waals surface area contributed by atoms with E-state index in [1.165, 1.54) is 10.9 Å². The molecule has 0 saturated carbocycles. The van der Waals surface area contributed by atoms with Crippen LogP contribution in [0.1, 0.15) is 31.2 Å². The van der Waals surface area contributed by atoms with Crippen molar-refractivity contribution < 1.29 is 5.11 Å². The molecule has 3 rings (SSSR count). The van der Waals surface area contributed by atoms with Crippen molar-refractivity contribution in [3.8, 4) is 5.75 Å². The third-order valence-corrected chi connectivity index (χ3v) is 4.92. The van der Waals surface area contributed by atoms with Crippen molar-refractivity contribution in [3.05, 3.63) is 67.1 Å². The maximum absolute atomic E-state index is 13.0. The molecule has 7 heteroatoms. The zero-order chi connectivity index (χ0) is 18.7. The van der Waals surface area contributed by atoms with Gasteiger partial charge in [-0.25, -0.2) is 4.98 Å². The van der Waals surface area contributed by atoms with Crippen molar-refractivity contribution in [2.75, 3.05) is 0 Å². The molecule has 5 nitrogen and oxygen atoms in total. The summed E-state index contributed by atoms with van der Waals surface area (Å²) in [6, 6.07) is 10.5. The number of hydrogen-bond donors (Lipinski definition) is 1. The average Bonchev–Trinajstić information content (AvgIpc) is 2.62. The van der Waals surface area contributed by atoms with E-state index >= 15 is 0 Å². The van der Waals surface area contributed by atoms with Gasteiger partial charge in [-0.15, -0.1) is 0 Å². The van der Waals surface area contributed by atoms with Crippen molar-refractivity contribution in [3.63, 3.8) is 0 Å². The van der Waals surface area contributed by atoms with E-state index in [4.69, 9.17) is 0 Å². The minimum Gasteiger partial charge on any atom is -0.507 e. The molecule has 0 aliphatic carbocycles. The number of unbranched alkanes of at least 4 members (excludes halogenated alkanes) is 1. The van der Waals surface area contributed by atoms with Crippen molar-refractivity contribution in [2.45, 2.75) is 26.2 Å². The normalized spacial score (nSPS) is 11.5. The molecule has 134 valence electrons. The predicted molar refractivity (Wildman–Crippen MR) is 111 cm³/mol. The van der Waals surface area contributed by atoms with Gasteiger partial charge < -0.3 is 5.11 Å². The van der Waals surface area contributed by atoms with Gasteiger partial charge in [0.2, 0.25) is 0 Å². The Labute approximate surface area is 167 Å². The Morgan fingerprint density at radius 2 is 1.92 bits per heavy atom. The molecule has 2 aromatic carbocycles. The molecule has 0 atom stereocenters. The lowest BCUT2D eigenvalue weighted by Crippen LogP contribution is -2.22. The lowest BCUT2D eigenvalue weighted by atomic mass is 10.2. The van der Waals surface area contributed by atoms with Gasteiger partial charge in [-0.05, 0) is 42.8 Å². The molecule has 0 unspecified atom stereocenters. The van der Waals surface area contributed by atoms with Crippen molar-refractivity contribution in [1.82, 2.24) is 9.66 Å². The molecule has 1 aromatic heterocycles. The average molecular weight is 479 g/mol. The van der Waals surface area contributed by atoms with Gasteiger partial charge in [0, 0.05) is 20.9 Å². The molecule has 0 fully saturated rings. The van der Waals surface area contributed by atoms with Crippen LogP contribution < -0.4 is 5.56 Å². The Balaban J connectivity index is 2.15. The van der Waals surface area contributed by atoms with Gasteiger partial charge in [-0.2, -0.15) is 9.78 Å². The summed E-state index contributed by atoms with van der Waals surface area (Å²) in [5.41, 5.74) is 0.941. The van der Waals surface area contributed by atoms with Crippen LogP contribution in [0.4, 0.5) is 0 Å². The zero-order valence-electron chi connectivity index (χ0n) is 14.1. The minimum absolute atomic E-state index is 0.0941. The molecule has 0 radical (unpaired) electrons. The van der Waals surface area contributed by atoms with E-state index in [0.717, 1.165) is 21.8 Å². The fourth-order valence-corrected chi connectivity index (χ4v) is 3.30. The van der Waals surface area contributed by atoms with Crippen molar-refractivity contribution >= 4 is 49.0 Å². The second kappa shape index (κ2) is 8.14. The summed E-state index contributed by atoms with van der Waals surface area (Å²) in [4.78, 5) is 17.6. The van der Waals surface area contributed by atoms with Crippen LogP contribution in [0.2, 0.25) is 0 Å². The molecule has 3 aromatic rings. The highest BCUT2D eigenvalue weighted by Crippen LogP contribution is 2.20. The number of halogens is 2. The Bertz CT molecular complexity index is 1040. The summed E-state index contributed by atoms with van der Waals surface area (Å²) in [5.74, 6) is 0.703. The van der Waals surface area contributed by atoms with E-state index in [2.05, 4.69) is 48.9 Å². The van der Waals surface area contributed by atoms with E-state index in [1.807, 2.05) is 12.1 Å². The van der Waals surface area contributed by atoms with Crippen LogP contribution in [0.25, 0.3) is 10.9 Å². The number of fused-ring (bicyclic) bond motifs is 1. The van der Waals surface area contributed by atoms with E-state index < -0.39 is 0 Å². The highest BCUT2D eigenvalue weighted by atomic mass is 79.9. The smallest absolute Gasteiger partial charge is 0.282 e. The van der Waals surface area contributed by atoms with E-state index in [0.29, 0.717) is 28.7 Å². The van der Waals surface area contributed by atoms with Gasteiger partial charge >= 0.3 is 0 Å². The van der Waals surface area contributed by atoms with Gasteiger partial charge in [0.15, 0.2) is 0 Å². The van der Waals surface area contributed by atoms with Gasteiger partial charge in [0.05, 0.1) is 17.1 Å². The van der Waals surface area contributed by atoms with Crippen LogP contribution in [0.5, 0.6) is 5.75 Å². The number of aromatic hydroxyl groups is 1. The lowest BCUT2D eigenvalue weighted by molar-refractivity contribution is 0.474. The molecule has 0 aliphatic heterocycles. The molecular formula is C19H17Br2N3O2. The molecular weight excluding hydrogens is 462 g/mol. The topological polar surface area (TPSA) is 67.5 Å². The maximum Gasteiger partial charge on any atom is 0.282 e. The van der Waals surface area contributed by atoms with Crippen LogP contribution in [-0.2, 0) is 6.42 Å². The lowest BCUT2D eigenvalue weighted by Gasteiger charge is -2.09. The largest absolute Gasteiger partial charge is 0.507 e. The zero-order valence-corrected chi connectivity index (χ0v) is 17.3. The number of rotatable bonds is 5. The molecule has 26 heavy (non-hydrogen) atoms. The van der Waals surface area contributed by atoms with Gasteiger partial charge in [0.1, 0.15) is 11.6 Å². The number of benzene rings is 2. The van der Waals surface area contributed by atoms with Crippen LogP contribution in [0.15, 0.2) is 55.2 Å². The van der Waals surface area contributed by atoms with E-state index in [-0.39, 0.29) is 11.3 Å². The third-order valence-electron chi connectivity index (χ3n) is 3.93. The SMILES string of the molecule is CCCCc1nc2ccc(Br)cc2c(=O)n1N=Cc1cc(Br)ccc1O. The van der Waals surface area contributed by atoms with E-state index in [1.54, 1.807) is 24.3 Å². The Hall–Kier alpha value is -1.99. The van der Waals surface area contributed by atoms with Gasteiger partial charge in [-0.1, -0.05) is 45.2 Å². The van der Waals surface area contributed by atoms with Crippen LogP contribution in [-0.4, -0.2) is 21.0 Å². The summed E-state index contributed by atoms with van der Waals surface area (Å²) in [6.45, 7) is 2.09. The number of hydrogen-bond acceptors (Lipinski definition) is 4. The number of aromatic nitrogens is 2. The standard InChI is InChI=1S/C19H17Br2N3O2/c1-2-3-4-18-23-16-7-5-14(21)10-15(16)19(26)24(18)22-11-12-9-13(20)6-8-17(12)25/h5-11,25H,2-4H2,1H3. The third kappa shape index (κ3) is 4.04. The molecule has 1 N–H and O–H groups in total. The first-order valence-electron chi connectivity index (χ1n) is 8.23. The molecule has 0 saturated heterocycles. The highest BCUT2D eigenvalue weighted by molar-refractivity contribution is 9.10. The number of phenols is 1. The summed E-state index contributed by atoms with van der Waals surface area (Å²) < 4.78 is 2.95. The monoisotopic (exact) mass is 477 g/mol. The number of phenolic OH excluding ortho intramolecular Hbond substituents is 1. The van der Waals surface area contributed by atoms with E-state index in [9.17, 15) is 9.90 Å². The fourth-order valence-electron chi connectivity index (χ4n) is 2.56. The summed E-state index contributed by atoms with van der Waals surface area (Å²) in [5, 5.41) is 14.8. The van der Waals surface area contributed by atoms with Crippen LogP contribution >= 0.6 is 31.9 Å². The summed E-state index contributed by atoms with van der Waals surface area (Å²) in [7, 11) is 0. The number of nitrogens with zero attached hydrogens (tertiary/aromatic N) is 3. The Morgan fingerprint density at radius 3 is 2.69 bits per heavy atom. The number of aryl methyl sites for hydroxylation is 1. The quantitative estimate of drug-likeness (QED) is 0.533. The highest BCUT2D eigenvalue weighted by Gasteiger charge is 2.11.